The van der Waals surface area contributed by atoms with Gasteiger partial charge in [0.1, 0.15) is 0 Å². The van der Waals surface area contributed by atoms with Crippen molar-refractivity contribution in [1.29, 1.82) is 0 Å². The van der Waals surface area contributed by atoms with Crippen LogP contribution in [-0.2, 0) is 13.1 Å². The van der Waals surface area contributed by atoms with E-state index in [1.807, 2.05) is 0 Å². The van der Waals surface area contributed by atoms with E-state index in [1.165, 1.54) is 30.4 Å². The zero-order valence-electron chi connectivity index (χ0n) is 14.0. The van der Waals surface area contributed by atoms with Crippen molar-refractivity contribution in [2.24, 2.45) is 5.92 Å². The monoisotopic (exact) mass is 336 g/mol. The lowest BCUT2D eigenvalue weighted by atomic mass is 9.98. The van der Waals surface area contributed by atoms with Crippen LogP contribution in [0.1, 0.15) is 30.4 Å². The Balaban J connectivity index is 1.55. The van der Waals surface area contributed by atoms with E-state index in [0.29, 0.717) is 6.04 Å². The summed E-state index contributed by atoms with van der Waals surface area (Å²) in [6.45, 7) is 2.98. The smallest absolute Gasteiger partial charge is 0.172 e. The average molecular weight is 337 g/mol. The maximum Gasteiger partial charge on any atom is 0.172 e. The van der Waals surface area contributed by atoms with Gasteiger partial charge in [0.25, 0.3) is 0 Å². The zero-order valence-corrected chi connectivity index (χ0v) is 14.8. The minimum Gasteiger partial charge on any atom is -0.344 e. The number of rotatable bonds is 4. The standard InChI is InChI=1S/C21H24N2S/c24-21-22(14-17-8-3-1-4-9-17)16-19-12-7-13-20(19)23(21)15-18-10-5-2-6-11-18/h1-6,8-11,19-20H,7,12-16H2/t19-,20-/m0/s1. The minimum absolute atomic E-state index is 0.629. The molecule has 1 aliphatic heterocycles. The topological polar surface area (TPSA) is 6.48 Å². The van der Waals surface area contributed by atoms with Crippen LogP contribution >= 0.6 is 12.2 Å². The van der Waals surface area contributed by atoms with Crippen molar-refractivity contribution in [2.75, 3.05) is 6.54 Å². The van der Waals surface area contributed by atoms with Gasteiger partial charge in [-0.2, -0.15) is 0 Å². The Labute approximate surface area is 150 Å². The third-order valence-electron chi connectivity index (χ3n) is 5.40. The Hall–Kier alpha value is -1.87. The van der Waals surface area contributed by atoms with E-state index in [2.05, 4.69) is 70.5 Å². The quantitative estimate of drug-likeness (QED) is 0.761. The first-order chi connectivity index (χ1) is 11.8. The summed E-state index contributed by atoms with van der Waals surface area (Å²) in [5, 5.41) is 1.03. The van der Waals surface area contributed by atoms with E-state index in [9.17, 15) is 0 Å². The molecule has 0 radical (unpaired) electrons. The molecule has 2 fully saturated rings. The molecule has 124 valence electrons. The van der Waals surface area contributed by atoms with Gasteiger partial charge in [-0.25, -0.2) is 0 Å². The van der Waals surface area contributed by atoms with Crippen LogP contribution in [0.4, 0.5) is 0 Å². The highest BCUT2D eigenvalue weighted by Gasteiger charge is 2.40. The largest absolute Gasteiger partial charge is 0.344 e. The lowest BCUT2D eigenvalue weighted by molar-refractivity contribution is 0.144. The molecule has 0 unspecified atom stereocenters. The fourth-order valence-electron chi connectivity index (χ4n) is 4.23. The number of fused-ring (bicyclic) bond motifs is 1. The molecule has 0 aromatic heterocycles. The molecule has 0 bridgehead atoms. The highest BCUT2D eigenvalue weighted by atomic mass is 32.1. The first-order valence-corrected chi connectivity index (χ1v) is 9.35. The molecular formula is C21H24N2S. The zero-order chi connectivity index (χ0) is 16.4. The molecule has 0 amide bonds. The summed E-state index contributed by atoms with van der Waals surface area (Å²) in [7, 11) is 0. The van der Waals surface area contributed by atoms with E-state index in [4.69, 9.17) is 12.2 Å². The van der Waals surface area contributed by atoms with Crippen molar-refractivity contribution in [1.82, 2.24) is 9.80 Å². The SMILES string of the molecule is S=C1N(Cc2ccccc2)C[C@@H]2CCC[C@@H]2N1Cc1ccccc1. The normalized spacial score (nSPS) is 23.4. The maximum absolute atomic E-state index is 5.92. The van der Waals surface area contributed by atoms with E-state index in [1.54, 1.807) is 0 Å². The number of hydrogen-bond acceptors (Lipinski definition) is 1. The molecular weight excluding hydrogens is 312 g/mol. The molecule has 4 rings (SSSR count). The summed E-state index contributed by atoms with van der Waals surface area (Å²) in [6, 6.07) is 22.1. The van der Waals surface area contributed by atoms with E-state index in [0.717, 1.165) is 30.7 Å². The van der Waals surface area contributed by atoms with Crippen molar-refractivity contribution in [3.8, 4) is 0 Å². The summed E-state index contributed by atoms with van der Waals surface area (Å²) in [5.74, 6) is 0.754. The minimum atomic E-state index is 0.629. The first-order valence-electron chi connectivity index (χ1n) is 8.94. The Bertz CT molecular complexity index is 685. The van der Waals surface area contributed by atoms with Crippen molar-refractivity contribution >= 4 is 17.3 Å². The second kappa shape index (κ2) is 6.94. The molecule has 2 atom stereocenters. The number of hydrogen-bond donors (Lipinski definition) is 0. The summed E-state index contributed by atoms with van der Waals surface area (Å²) in [5.41, 5.74) is 2.70. The van der Waals surface area contributed by atoms with Crippen LogP contribution in [-0.4, -0.2) is 27.5 Å². The third kappa shape index (κ3) is 3.18. The third-order valence-corrected chi connectivity index (χ3v) is 5.90. The van der Waals surface area contributed by atoms with Gasteiger partial charge in [-0.15, -0.1) is 0 Å². The lowest BCUT2D eigenvalue weighted by Gasteiger charge is -2.46. The van der Waals surface area contributed by atoms with Crippen LogP contribution in [0.2, 0.25) is 0 Å². The van der Waals surface area contributed by atoms with Crippen LogP contribution in [0, 0.1) is 5.92 Å². The van der Waals surface area contributed by atoms with Gasteiger partial charge in [-0.3, -0.25) is 0 Å². The maximum atomic E-state index is 5.92. The van der Waals surface area contributed by atoms with Crippen molar-refractivity contribution in [2.45, 2.75) is 38.4 Å². The van der Waals surface area contributed by atoms with Crippen LogP contribution in [0.25, 0.3) is 0 Å². The number of benzene rings is 2. The fourth-order valence-corrected chi connectivity index (χ4v) is 4.57. The number of nitrogens with zero attached hydrogens (tertiary/aromatic N) is 2. The molecule has 2 aromatic rings. The summed E-state index contributed by atoms with van der Waals surface area (Å²) >= 11 is 5.92. The summed E-state index contributed by atoms with van der Waals surface area (Å²) < 4.78 is 0. The predicted molar refractivity (Wildman–Crippen MR) is 103 cm³/mol. The molecule has 1 aliphatic carbocycles. The van der Waals surface area contributed by atoms with Crippen LogP contribution in [0.5, 0.6) is 0 Å². The molecule has 0 spiro atoms. The van der Waals surface area contributed by atoms with Crippen LogP contribution in [0.15, 0.2) is 60.7 Å². The second-order valence-corrected chi connectivity index (χ2v) is 7.39. The van der Waals surface area contributed by atoms with Gasteiger partial charge in [0.05, 0.1) is 0 Å². The number of thiocarbonyl (C=S) groups is 1. The molecule has 2 aliphatic rings. The van der Waals surface area contributed by atoms with Crippen molar-refractivity contribution < 1.29 is 0 Å². The Morgan fingerprint density at radius 1 is 0.833 bits per heavy atom. The lowest BCUT2D eigenvalue weighted by Crippen LogP contribution is -2.56. The summed E-state index contributed by atoms with van der Waals surface area (Å²) in [4.78, 5) is 4.91. The van der Waals surface area contributed by atoms with Gasteiger partial charge in [-0.05, 0) is 42.1 Å². The molecule has 1 saturated carbocycles. The molecule has 2 aromatic carbocycles. The predicted octanol–water partition coefficient (Wildman–Crippen LogP) is 4.46. The van der Waals surface area contributed by atoms with Crippen molar-refractivity contribution in [3.05, 3.63) is 71.8 Å². The highest BCUT2D eigenvalue weighted by Crippen LogP contribution is 2.36. The molecule has 3 heteroatoms. The van der Waals surface area contributed by atoms with Crippen LogP contribution < -0.4 is 0 Å². The van der Waals surface area contributed by atoms with E-state index < -0.39 is 0 Å². The van der Waals surface area contributed by atoms with Crippen molar-refractivity contribution in [3.63, 3.8) is 0 Å². The van der Waals surface area contributed by atoms with E-state index >= 15 is 0 Å². The first kappa shape index (κ1) is 15.6. The Morgan fingerprint density at radius 3 is 2.12 bits per heavy atom. The summed E-state index contributed by atoms with van der Waals surface area (Å²) in [6.07, 6.45) is 3.96. The highest BCUT2D eigenvalue weighted by molar-refractivity contribution is 7.80. The average Bonchev–Trinajstić information content (AvgIpc) is 3.08. The Morgan fingerprint density at radius 2 is 1.46 bits per heavy atom. The second-order valence-electron chi connectivity index (χ2n) is 7.02. The molecule has 1 heterocycles. The van der Waals surface area contributed by atoms with Gasteiger partial charge in [0.2, 0.25) is 0 Å². The van der Waals surface area contributed by atoms with Gasteiger partial charge in [0, 0.05) is 25.7 Å². The fraction of sp³-hybridized carbons (Fsp3) is 0.381. The van der Waals surface area contributed by atoms with Crippen LogP contribution in [0.3, 0.4) is 0 Å². The van der Waals surface area contributed by atoms with Gasteiger partial charge < -0.3 is 9.80 Å². The van der Waals surface area contributed by atoms with Gasteiger partial charge in [-0.1, -0.05) is 67.1 Å². The Kier molecular flexibility index (Phi) is 4.52. The van der Waals surface area contributed by atoms with Gasteiger partial charge in [0.15, 0.2) is 5.11 Å². The molecule has 1 saturated heterocycles. The molecule has 24 heavy (non-hydrogen) atoms. The molecule has 0 N–H and O–H groups in total. The van der Waals surface area contributed by atoms with E-state index in [-0.39, 0.29) is 0 Å². The molecule has 2 nitrogen and oxygen atoms in total. The van der Waals surface area contributed by atoms with Gasteiger partial charge >= 0.3 is 0 Å².